The fourth-order valence-corrected chi connectivity index (χ4v) is 1.81. The van der Waals surface area contributed by atoms with Crippen molar-refractivity contribution < 1.29 is 9.63 Å². The highest BCUT2D eigenvalue weighted by Gasteiger charge is 2.16. The van der Waals surface area contributed by atoms with E-state index in [1.54, 1.807) is 0 Å². The van der Waals surface area contributed by atoms with Gasteiger partial charge in [0, 0.05) is 6.42 Å². The summed E-state index contributed by atoms with van der Waals surface area (Å²) in [4.78, 5) is 15.6. The predicted molar refractivity (Wildman–Crippen MR) is 46.3 cm³/mol. The molecule has 1 saturated carbocycles. The van der Waals surface area contributed by atoms with Gasteiger partial charge >= 0.3 is 0 Å². The minimum Gasteiger partial charge on any atom is -0.277 e. The number of carbonyl (C=O) groups excluding carboxylic acids is 1. The lowest BCUT2D eigenvalue weighted by molar-refractivity contribution is -0.132. The maximum absolute atomic E-state index is 11.1. The van der Waals surface area contributed by atoms with Crippen LogP contribution < -0.4 is 5.48 Å². The van der Waals surface area contributed by atoms with Crippen LogP contribution in [0.25, 0.3) is 0 Å². The van der Waals surface area contributed by atoms with Crippen molar-refractivity contribution >= 4 is 5.91 Å². The molecule has 1 amide bonds. The van der Waals surface area contributed by atoms with Gasteiger partial charge in [-0.1, -0.05) is 19.3 Å². The lowest BCUT2D eigenvalue weighted by atomic mass is 9.87. The number of hydrogen-bond acceptors (Lipinski definition) is 2. The molecule has 1 aliphatic carbocycles. The molecule has 0 heterocycles. The quantitative estimate of drug-likeness (QED) is 0.655. The third kappa shape index (κ3) is 3.22. The molecule has 0 unspecified atom stereocenters. The Bertz CT molecular complexity index is 141. The summed E-state index contributed by atoms with van der Waals surface area (Å²) in [6.45, 7) is 0. The first-order valence-corrected chi connectivity index (χ1v) is 4.64. The zero-order valence-electron chi connectivity index (χ0n) is 7.64. The van der Waals surface area contributed by atoms with Gasteiger partial charge in [-0.15, -0.1) is 0 Å². The van der Waals surface area contributed by atoms with Crippen molar-refractivity contribution in [2.45, 2.75) is 38.5 Å². The molecule has 0 atom stereocenters. The zero-order valence-corrected chi connectivity index (χ0v) is 7.64. The zero-order chi connectivity index (χ0) is 8.81. The number of rotatable bonds is 3. The number of nitrogens with one attached hydrogen (secondary N) is 1. The van der Waals surface area contributed by atoms with Crippen molar-refractivity contribution in [2.75, 3.05) is 7.11 Å². The second-order valence-corrected chi connectivity index (χ2v) is 3.44. The Hall–Kier alpha value is -0.570. The van der Waals surface area contributed by atoms with Crippen LogP contribution in [0.1, 0.15) is 38.5 Å². The molecule has 3 heteroatoms. The van der Waals surface area contributed by atoms with Crippen molar-refractivity contribution in [2.24, 2.45) is 5.92 Å². The summed E-state index contributed by atoms with van der Waals surface area (Å²) in [5, 5.41) is 0. The first-order valence-electron chi connectivity index (χ1n) is 4.64. The van der Waals surface area contributed by atoms with Crippen molar-refractivity contribution in [3.05, 3.63) is 0 Å². The molecule has 0 aromatic carbocycles. The van der Waals surface area contributed by atoms with Gasteiger partial charge in [0.05, 0.1) is 7.11 Å². The minimum atomic E-state index is 0.0180. The topological polar surface area (TPSA) is 38.3 Å². The molecule has 0 aliphatic heterocycles. The normalized spacial score (nSPS) is 19.1. The molecule has 1 N–H and O–H groups in total. The monoisotopic (exact) mass is 171 g/mol. The van der Waals surface area contributed by atoms with Gasteiger partial charge in [0.2, 0.25) is 5.91 Å². The molecule has 0 spiro atoms. The van der Waals surface area contributed by atoms with E-state index >= 15 is 0 Å². The van der Waals surface area contributed by atoms with Crippen molar-refractivity contribution in [3.63, 3.8) is 0 Å². The highest BCUT2D eigenvalue weighted by Crippen LogP contribution is 2.25. The Morgan fingerprint density at radius 1 is 1.42 bits per heavy atom. The maximum atomic E-state index is 11.1. The molecular formula is C9H17NO2. The van der Waals surface area contributed by atoms with E-state index in [1.165, 1.54) is 39.2 Å². The van der Waals surface area contributed by atoms with Crippen LogP contribution in [-0.4, -0.2) is 13.0 Å². The number of hydrogen-bond donors (Lipinski definition) is 1. The molecule has 70 valence electrons. The van der Waals surface area contributed by atoms with Gasteiger partial charge < -0.3 is 0 Å². The standard InChI is InChI=1S/C9H17NO2/c1-12-10-9(11)7-8-5-3-2-4-6-8/h8H,2-7H2,1H3,(H,10,11). The molecule has 0 bridgehead atoms. The van der Waals surface area contributed by atoms with Gasteiger partial charge in [-0.05, 0) is 18.8 Å². The van der Waals surface area contributed by atoms with Crippen molar-refractivity contribution in [1.29, 1.82) is 0 Å². The van der Waals surface area contributed by atoms with Crippen LogP contribution in [0.4, 0.5) is 0 Å². The molecule has 0 radical (unpaired) electrons. The average Bonchev–Trinajstić information content (AvgIpc) is 2.06. The lowest BCUT2D eigenvalue weighted by Crippen LogP contribution is -2.25. The van der Waals surface area contributed by atoms with Crippen LogP contribution in [0, 0.1) is 5.92 Å². The Kier molecular flexibility index (Phi) is 4.08. The highest BCUT2D eigenvalue weighted by molar-refractivity contribution is 5.74. The van der Waals surface area contributed by atoms with E-state index in [1.807, 2.05) is 0 Å². The van der Waals surface area contributed by atoms with Crippen LogP contribution >= 0.6 is 0 Å². The summed E-state index contributed by atoms with van der Waals surface area (Å²) in [7, 11) is 1.47. The van der Waals surface area contributed by atoms with Gasteiger partial charge in [-0.3, -0.25) is 9.63 Å². The lowest BCUT2D eigenvalue weighted by Gasteiger charge is -2.20. The molecule has 0 saturated heterocycles. The van der Waals surface area contributed by atoms with Gasteiger partial charge in [-0.2, -0.15) is 0 Å². The van der Waals surface area contributed by atoms with Crippen LogP contribution in [0.3, 0.4) is 0 Å². The molecule has 1 aliphatic rings. The molecule has 1 rings (SSSR count). The van der Waals surface area contributed by atoms with Crippen LogP contribution in [0.15, 0.2) is 0 Å². The fourth-order valence-electron chi connectivity index (χ4n) is 1.81. The summed E-state index contributed by atoms with van der Waals surface area (Å²) in [5.41, 5.74) is 2.35. The van der Waals surface area contributed by atoms with E-state index in [2.05, 4.69) is 10.3 Å². The summed E-state index contributed by atoms with van der Waals surface area (Å²) in [5.74, 6) is 0.610. The van der Waals surface area contributed by atoms with Gasteiger partial charge in [-0.25, -0.2) is 5.48 Å². The second-order valence-electron chi connectivity index (χ2n) is 3.44. The largest absolute Gasteiger partial charge is 0.277 e. The number of amides is 1. The maximum Gasteiger partial charge on any atom is 0.243 e. The predicted octanol–water partition coefficient (Wildman–Crippen LogP) is 1.63. The fraction of sp³-hybridized carbons (Fsp3) is 0.889. The minimum absolute atomic E-state index is 0.0180. The molecule has 12 heavy (non-hydrogen) atoms. The highest BCUT2D eigenvalue weighted by atomic mass is 16.6. The van der Waals surface area contributed by atoms with E-state index in [0.717, 1.165) is 0 Å². The molecule has 0 aromatic rings. The number of carbonyl (C=O) groups is 1. The van der Waals surface area contributed by atoms with Crippen LogP contribution in [-0.2, 0) is 9.63 Å². The van der Waals surface area contributed by atoms with Crippen molar-refractivity contribution in [3.8, 4) is 0 Å². The Balaban J connectivity index is 2.15. The summed E-state index contributed by atoms with van der Waals surface area (Å²) >= 11 is 0. The third-order valence-electron chi connectivity index (χ3n) is 2.41. The Labute approximate surface area is 73.4 Å². The summed E-state index contributed by atoms with van der Waals surface area (Å²) in [6, 6.07) is 0. The second kappa shape index (κ2) is 5.14. The average molecular weight is 171 g/mol. The van der Waals surface area contributed by atoms with Crippen molar-refractivity contribution in [1.82, 2.24) is 5.48 Å². The van der Waals surface area contributed by atoms with Gasteiger partial charge in [0.1, 0.15) is 0 Å². The molecule has 3 nitrogen and oxygen atoms in total. The first kappa shape index (κ1) is 9.52. The molecule has 0 aromatic heterocycles. The van der Waals surface area contributed by atoms with E-state index in [4.69, 9.17) is 0 Å². The SMILES string of the molecule is CONC(=O)CC1CCCCC1. The Morgan fingerprint density at radius 3 is 2.67 bits per heavy atom. The van der Waals surface area contributed by atoms with E-state index in [0.29, 0.717) is 12.3 Å². The van der Waals surface area contributed by atoms with Gasteiger partial charge in [0.25, 0.3) is 0 Å². The Morgan fingerprint density at radius 2 is 2.08 bits per heavy atom. The molecule has 1 fully saturated rings. The van der Waals surface area contributed by atoms with E-state index < -0.39 is 0 Å². The first-order chi connectivity index (χ1) is 5.83. The van der Waals surface area contributed by atoms with Gasteiger partial charge in [0.15, 0.2) is 0 Å². The van der Waals surface area contributed by atoms with Crippen LogP contribution in [0.2, 0.25) is 0 Å². The third-order valence-corrected chi connectivity index (χ3v) is 2.41. The molecular weight excluding hydrogens is 154 g/mol. The number of hydroxylamine groups is 1. The summed E-state index contributed by atoms with van der Waals surface area (Å²) < 4.78 is 0. The van der Waals surface area contributed by atoms with E-state index in [-0.39, 0.29) is 5.91 Å². The van der Waals surface area contributed by atoms with Crippen LogP contribution in [0.5, 0.6) is 0 Å². The van der Waals surface area contributed by atoms with E-state index in [9.17, 15) is 4.79 Å². The summed E-state index contributed by atoms with van der Waals surface area (Å²) in [6.07, 6.45) is 6.94. The smallest absolute Gasteiger partial charge is 0.243 e.